The van der Waals surface area contributed by atoms with Crippen LogP contribution in [-0.4, -0.2) is 16.3 Å². The highest BCUT2D eigenvalue weighted by Gasteiger charge is 1.96. The molecule has 0 atom stereocenters. The monoisotopic (exact) mass is 141 g/mol. The fourth-order valence-electron chi connectivity index (χ4n) is 0.649. The molecule has 0 amide bonds. The highest BCUT2D eigenvalue weighted by molar-refractivity contribution is 4.89. The van der Waals surface area contributed by atoms with Crippen LogP contribution in [0.3, 0.4) is 0 Å². The molecule has 0 unspecified atom stereocenters. The number of imidazole rings is 1. The highest BCUT2D eigenvalue weighted by atomic mass is 16.5. The van der Waals surface area contributed by atoms with Gasteiger partial charge in [-0.2, -0.15) is 0 Å². The zero-order chi connectivity index (χ0) is 7.40. The molecule has 56 valence electrons. The minimum Gasteiger partial charge on any atom is -0.374 e. The molecule has 0 aliphatic heterocycles. The summed E-state index contributed by atoms with van der Waals surface area (Å²) in [6.07, 6.45) is 3.34. The van der Waals surface area contributed by atoms with Crippen LogP contribution in [0.1, 0.15) is 12.7 Å². The van der Waals surface area contributed by atoms with Gasteiger partial charge in [-0.15, -0.1) is 0 Å². The average molecular weight is 141 g/mol. The Morgan fingerprint density at radius 2 is 2.60 bits per heavy atom. The molecule has 0 radical (unpaired) electrons. The molecule has 0 aromatic carbocycles. The predicted molar refractivity (Wildman–Crippen MR) is 37.7 cm³/mol. The number of ether oxygens (including phenoxy) is 1. The minimum atomic E-state index is 0.486. The maximum Gasteiger partial charge on any atom is 0.152 e. The molecule has 4 nitrogen and oxygen atoms in total. The van der Waals surface area contributed by atoms with Crippen molar-refractivity contribution >= 4 is 0 Å². The molecule has 1 rings (SSSR count). The Morgan fingerprint density at radius 1 is 1.80 bits per heavy atom. The standard InChI is InChI=1S/C6H11N3O/c1-2-10-5-6-8-3-4-9(6)7/h3-4H,2,5,7H2,1H3. The summed E-state index contributed by atoms with van der Waals surface area (Å²) in [7, 11) is 0. The van der Waals surface area contributed by atoms with E-state index < -0.39 is 0 Å². The van der Waals surface area contributed by atoms with Crippen LogP contribution in [0.15, 0.2) is 12.4 Å². The van der Waals surface area contributed by atoms with Gasteiger partial charge in [0.05, 0.1) is 0 Å². The molecule has 0 spiro atoms. The zero-order valence-electron chi connectivity index (χ0n) is 5.95. The van der Waals surface area contributed by atoms with E-state index in [0.29, 0.717) is 13.2 Å². The number of nitrogens with zero attached hydrogens (tertiary/aromatic N) is 2. The van der Waals surface area contributed by atoms with Crippen molar-refractivity contribution in [3.63, 3.8) is 0 Å². The molecule has 1 aromatic heterocycles. The van der Waals surface area contributed by atoms with E-state index in [1.807, 2.05) is 6.92 Å². The summed E-state index contributed by atoms with van der Waals surface area (Å²) in [4.78, 5) is 3.97. The van der Waals surface area contributed by atoms with Crippen molar-refractivity contribution in [1.82, 2.24) is 9.66 Å². The predicted octanol–water partition coefficient (Wildman–Crippen LogP) is 0.133. The first-order valence-corrected chi connectivity index (χ1v) is 3.19. The Hall–Kier alpha value is -1.03. The van der Waals surface area contributed by atoms with E-state index in [1.54, 1.807) is 12.4 Å². The van der Waals surface area contributed by atoms with Crippen molar-refractivity contribution in [2.24, 2.45) is 0 Å². The molecule has 10 heavy (non-hydrogen) atoms. The fourth-order valence-corrected chi connectivity index (χ4v) is 0.649. The third kappa shape index (κ3) is 1.48. The largest absolute Gasteiger partial charge is 0.374 e. The van der Waals surface area contributed by atoms with E-state index in [0.717, 1.165) is 5.82 Å². The van der Waals surface area contributed by atoms with Gasteiger partial charge in [0.2, 0.25) is 0 Å². The molecule has 2 N–H and O–H groups in total. The molecule has 0 bridgehead atoms. The van der Waals surface area contributed by atoms with Crippen LogP contribution < -0.4 is 5.84 Å². The van der Waals surface area contributed by atoms with Crippen molar-refractivity contribution in [3.8, 4) is 0 Å². The molecule has 1 aromatic rings. The summed E-state index contributed by atoms with van der Waals surface area (Å²) in [6.45, 7) is 3.11. The van der Waals surface area contributed by atoms with Crippen LogP contribution in [0.25, 0.3) is 0 Å². The molecule has 1 heterocycles. The average Bonchev–Trinajstić information content (AvgIpc) is 2.31. The van der Waals surface area contributed by atoms with Crippen molar-refractivity contribution < 1.29 is 4.74 Å². The number of rotatable bonds is 3. The smallest absolute Gasteiger partial charge is 0.152 e. The van der Waals surface area contributed by atoms with Gasteiger partial charge in [-0.05, 0) is 6.92 Å². The normalized spacial score (nSPS) is 10.1. The highest BCUT2D eigenvalue weighted by Crippen LogP contribution is 1.93. The van der Waals surface area contributed by atoms with E-state index in [9.17, 15) is 0 Å². The minimum absolute atomic E-state index is 0.486. The quantitative estimate of drug-likeness (QED) is 0.609. The summed E-state index contributed by atoms with van der Waals surface area (Å²) < 4.78 is 6.55. The van der Waals surface area contributed by atoms with Crippen molar-refractivity contribution in [3.05, 3.63) is 18.2 Å². The van der Waals surface area contributed by atoms with E-state index in [1.165, 1.54) is 4.68 Å². The Morgan fingerprint density at radius 3 is 3.10 bits per heavy atom. The lowest BCUT2D eigenvalue weighted by atomic mass is 10.6. The summed E-state index contributed by atoms with van der Waals surface area (Å²) in [5, 5.41) is 0. The second-order valence-corrected chi connectivity index (χ2v) is 1.89. The Bertz CT molecular complexity index is 197. The van der Waals surface area contributed by atoms with Gasteiger partial charge in [-0.1, -0.05) is 0 Å². The number of nitrogens with two attached hydrogens (primary N) is 1. The number of nitrogen functional groups attached to an aromatic ring is 1. The van der Waals surface area contributed by atoms with Crippen LogP contribution in [0, 0.1) is 0 Å². The third-order valence-electron chi connectivity index (χ3n) is 1.18. The Balaban J connectivity index is 2.49. The van der Waals surface area contributed by atoms with E-state index in [-0.39, 0.29) is 0 Å². The van der Waals surface area contributed by atoms with Gasteiger partial charge in [-0.3, -0.25) is 4.68 Å². The van der Waals surface area contributed by atoms with E-state index >= 15 is 0 Å². The molecule has 0 saturated carbocycles. The van der Waals surface area contributed by atoms with Crippen LogP contribution in [0.2, 0.25) is 0 Å². The Labute approximate surface area is 59.6 Å². The van der Waals surface area contributed by atoms with Crippen LogP contribution in [0.5, 0.6) is 0 Å². The second-order valence-electron chi connectivity index (χ2n) is 1.89. The third-order valence-corrected chi connectivity index (χ3v) is 1.18. The lowest BCUT2D eigenvalue weighted by Gasteiger charge is -1.99. The number of hydrogen-bond donors (Lipinski definition) is 1. The van der Waals surface area contributed by atoms with Crippen LogP contribution in [0.4, 0.5) is 0 Å². The van der Waals surface area contributed by atoms with E-state index in [4.69, 9.17) is 10.6 Å². The van der Waals surface area contributed by atoms with Crippen molar-refractivity contribution in [2.45, 2.75) is 13.5 Å². The van der Waals surface area contributed by atoms with Gasteiger partial charge in [0.1, 0.15) is 6.61 Å². The van der Waals surface area contributed by atoms with Crippen molar-refractivity contribution in [2.75, 3.05) is 12.4 Å². The zero-order valence-corrected chi connectivity index (χ0v) is 5.95. The van der Waals surface area contributed by atoms with Gasteiger partial charge in [-0.25, -0.2) is 4.98 Å². The summed E-state index contributed by atoms with van der Waals surface area (Å²) in [5.74, 6) is 6.21. The number of aromatic nitrogens is 2. The van der Waals surface area contributed by atoms with Crippen LogP contribution >= 0.6 is 0 Å². The fraction of sp³-hybridized carbons (Fsp3) is 0.500. The molecule has 0 aliphatic rings. The van der Waals surface area contributed by atoms with Gasteiger partial charge < -0.3 is 10.6 Å². The summed E-state index contributed by atoms with van der Waals surface area (Å²) >= 11 is 0. The molecule has 0 fully saturated rings. The Kier molecular flexibility index (Phi) is 2.28. The maximum absolute atomic E-state index is 5.46. The molecule has 0 aliphatic carbocycles. The van der Waals surface area contributed by atoms with Gasteiger partial charge in [0.15, 0.2) is 5.82 Å². The van der Waals surface area contributed by atoms with Crippen molar-refractivity contribution in [1.29, 1.82) is 0 Å². The van der Waals surface area contributed by atoms with Gasteiger partial charge in [0, 0.05) is 19.0 Å². The van der Waals surface area contributed by atoms with E-state index in [2.05, 4.69) is 4.98 Å². The van der Waals surface area contributed by atoms with Gasteiger partial charge in [0.25, 0.3) is 0 Å². The molecule has 0 saturated heterocycles. The summed E-state index contributed by atoms with van der Waals surface area (Å²) in [5.41, 5.74) is 0. The first-order valence-electron chi connectivity index (χ1n) is 3.19. The lowest BCUT2D eigenvalue weighted by molar-refractivity contribution is 0.127. The second kappa shape index (κ2) is 3.22. The van der Waals surface area contributed by atoms with Gasteiger partial charge >= 0.3 is 0 Å². The first-order chi connectivity index (χ1) is 4.84. The lowest BCUT2D eigenvalue weighted by Crippen LogP contribution is -2.12. The maximum atomic E-state index is 5.46. The molecule has 4 heteroatoms. The molecular formula is C6H11N3O. The molecular weight excluding hydrogens is 130 g/mol. The number of hydrogen-bond acceptors (Lipinski definition) is 3. The first kappa shape index (κ1) is 7.08. The summed E-state index contributed by atoms with van der Waals surface area (Å²) in [6, 6.07) is 0. The van der Waals surface area contributed by atoms with Crippen LogP contribution in [-0.2, 0) is 11.3 Å². The topological polar surface area (TPSA) is 53.1 Å². The SMILES string of the molecule is CCOCc1nccn1N.